The molecule has 1 unspecified atom stereocenters. The minimum atomic E-state index is -0.211. The molecule has 0 bridgehead atoms. The predicted octanol–water partition coefficient (Wildman–Crippen LogP) is 1.19. The number of carbonyl (C=O) groups excluding carboxylic acids is 1. The van der Waals surface area contributed by atoms with E-state index < -0.39 is 0 Å². The molecule has 23 heavy (non-hydrogen) atoms. The molecule has 0 N–H and O–H groups in total. The summed E-state index contributed by atoms with van der Waals surface area (Å²) in [4.78, 5) is 18.9. The van der Waals surface area contributed by atoms with Crippen molar-refractivity contribution < 1.29 is 13.9 Å². The zero-order valence-electron chi connectivity index (χ0n) is 13.6. The zero-order chi connectivity index (χ0) is 16.2. The van der Waals surface area contributed by atoms with E-state index in [1.807, 2.05) is 24.0 Å². The van der Waals surface area contributed by atoms with E-state index in [4.69, 9.17) is 4.74 Å². The van der Waals surface area contributed by atoms with Gasteiger partial charge in [0.1, 0.15) is 5.82 Å². The number of hydrogen-bond donors (Lipinski definition) is 0. The van der Waals surface area contributed by atoms with Gasteiger partial charge in [-0.25, -0.2) is 4.39 Å². The summed E-state index contributed by atoms with van der Waals surface area (Å²) in [6.07, 6.45) is 0. The number of hydrogen-bond acceptors (Lipinski definition) is 4. The molecule has 6 heteroatoms. The Morgan fingerprint density at radius 3 is 2.26 bits per heavy atom. The van der Waals surface area contributed by atoms with Gasteiger partial charge in [-0.1, -0.05) is 0 Å². The Morgan fingerprint density at radius 1 is 1.04 bits per heavy atom. The van der Waals surface area contributed by atoms with Gasteiger partial charge in [-0.2, -0.15) is 0 Å². The Labute approximate surface area is 136 Å². The van der Waals surface area contributed by atoms with Crippen LogP contribution in [0.25, 0.3) is 0 Å². The van der Waals surface area contributed by atoms with Crippen LogP contribution in [0.5, 0.6) is 0 Å². The highest BCUT2D eigenvalue weighted by Gasteiger charge is 2.29. The van der Waals surface area contributed by atoms with Crippen LogP contribution in [-0.4, -0.2) is 74.2 Å². The first kappa shape index (κ1) is 16.2. The molecule has 126 valence electrons. The van der Waals surface area contributed by atoms with Gasteiger partial charge < -0.3 is 14.5 Å². The first-order chi connectivity index (χ1) is 11.1. The van der Waals surface area contributed by atoms with Gasteiger partial charge >= 0.3 is 0 Å². The van der Waals surface area contributed by atoms with Gasteiger partial charge in [0.2, 0.25) is 5.91 Å². The lowest BCUT2D eigenvalue weighted by Gasteiger charge is -2.40. The fraction of sp³-hybridized carbons (Fsp3) is 0.588. The van der Waals surface area contributed by atoms with Crippen LogP contribution in [0.1, 0.15) is 6.92 Å². The Morgan fingerprint density at radius 2 is 1.65 bits per heavy atom. The molecule has 1 atom stereocenters. The van der Waals surface area contributed by atoms with Crippen LogP contribution >= 0.6 is 0 Å². The van der Waals surface area contributed by atoms with Crippen LogP contribution in [0.15, 0.2) is 24.3 Å². The fourth-order valence-corrected chi connectivity index (χ4v) is 3.22. The number of halogens is 1. The van der Waals surface area contributed by atoms with Gasteiger partial charge in [0.05, 0.1) is 19.3 Å². The first-order valence-electron chi connectivity index (χ1n) is 8.26. The average Bonchev–Trinajstić information content (AvgIpc) is 2.62. The number of benzene rings is 1. The Bertz CT molecular complexity index is 523. The van der Waals surface area contributed by atoms with Crippen LogP contribution < -0.4 is 4.90 Å². The SMILES string of the molecule is CC(C(=O)N1CCOCC1)N1CCN(c2ccc(F)cc2)CC1. The second kappa shape index (κ2) is 7.27. The van der Waals surface area contributed by atoms with E-state index in [0.717, 1.165) is 31.9 Å². The highest BCUT2D eigenvalue weighted by molar-refractivity contribution is 5.81. The molecule has 2 saturated heterocycles. The number of piperazine rings is 1. The molecule has 3 rings (SSSR count). The van der Waals surface area contributed by atoms with Crippen molar-refractivity contribution in [1.29, 1.82) is 0 Å². The Balaban J connectivity index is 1.53. The van der Waals surface area contributed by atoms with E-state index in [2.05, 4.69) is 9.80 Å². The predicted molar refractivity (Wildman–Crippen MR) is 87.0 cm³/mol. The summed E-state index contributed by atoms with van der Waals surface area (Å²) in [5, 5.41) is 0. The molecule has 0 aliphatic carbocycles. The van der Waals surface area contributed by atoms with E-state index in [9.17, 15) is 9.18 Å². The number of ether oxygens (including phenoxy) is 1. The quantitative estimate of drug-likeness (QED) is 0.838. The minimum Gasteiger partial charge on any atom is -0.378 e. The molecule has 1 aromatic carbocycles. The summed E-state index contributed by atoms with van der Waals surface area (Å²) in [5.74, 6) is -0.0133. The van der Waals surface area contributed by atoms with E-state index >= 15 is 0 Å². The van der Waals surface area contributed by atoms with Gasteiger partial charge in [0, 0.05) is 45.0 Å². The lowest BCUT2D eigenvalue weighted by Crippen LogP contribution is -2.56. The molecule has 2 heterocycles. The number of rotatable bonds is 3. The van der Waals surface area contributed by atoms with Gasteiger partial charge in [0.25, 0.3) is 0 Å². The molecule has 0 radical (unpaired) electrons. The van der Waals surface area contributed by atoms with Crippen LogP contribution in [0.2, 0.25) is 0 Å². The summed E-state index contributed by atoms with van der Waals surface area (Å²) < 4.78 is 18.3. The van der Waals surface area contributed by atoms with Crippen molar-refractivity contribution in [1.82, 2.24) is 9.80 Å². The normalized spacial score (nSPS) is 21.3. The molecular formula is C17H24FN3O2. The minimum absolute atomic E-state index is 0.0940. The molecule has 0 aromatic heterocycles. The third kappa shape index (κ3) is 3.82. The Hall–Kier alpha value is -1.66. The third-order valence-corrected chi connectivity index (χ3v) is 4.73. The maximum Gasteiger partial charge on any atom is 0.239 e. The maximum atomic E-state index is 13.0. The summed E-state index contributed by atoms with van der Waals surface area (Å²) in [6.45, 7) is 8.04. The number of morpholine rings is 1. The standard InChI is InChI=1S/C17H24FN3O2/c1-14(17(22)21-10-12-23-13-11-21)19-6-8-20(9-7-19)16-4-2-15(18)3-5-16/h2-5,14H,6-13H2,1H3. The van der Waals surface area contributed by atoms with E-state index in [1.54, 1.807) is 0 Å². The van der Waals surface area contributed by atoms with Crippen LogP contribution in [0.3, 0.4) is 0 Å². The highest BCUT2D eigenvalue weighted by Crippen LogP contribution is 2.18. The number of carbonyl (C=O) groups is 1. The van der Waals surface area contributed by atoms with Crippen LogP contribution in [0, 0.1) is 5.82 Å². The molecule has 2 fully saturated rings. The van der Waals surface area contributed by atoms with Crippen molar-refractivity contribution in [2.75, 3.05) is 57.4 Å². The third-order valence-electron chi connectivity index (χ3n) is 4.73. The molecule has 0 saturated carbocycles. The molecule has 5 nitrogen and oxygen atoms in total. The van der Waals surface area contributed by atoms with Crippen molar-refractivity contribution in [3.8, 4) is 0 Å². The second-order valence-corrected chi connectivity index (χ2v) is 6.11. The molecule has 0 spiro atoms. The second-order valence-electron chi connectivity index (χ2n) is 6.11. The van der Waals surface area contributed by atoms with Gasteiger partial charge in [-0.05, 0) is 31.2 Å². The topological polar surface area (TPSA) is 36.0 Å². The van der Waals surface area contributed by atoms with Crippen molar-refractivity contribution in [3.63, 3.8) is 0 Å². The largest absolute Gasteiger partial charge is 0.378 e. The van der Waals surface area contributed by atoms with Crippen molar-refractivity contribution in [3.05, 3.63) is 30.1 Å². The van der Waals surface area contributed by atoms with Crippen molar-refractivity contribution in [2.45, 2.75) is 13.0 Å². The Kier molecular flexibility index (Phi) is 5.13. The summed E-state index contributed by atoms with van der Waals surface area (Å²) in [6, 6.07) is 6.52. The smallest absolute Gasteiger partial charge is 0.239 e. The van der Waals surface area contributed by atoms with E-state index in [1.165, 1.54) is 12.1 Å². The number of anilines is 1. The monoisotopic (exact) mass is 321 g/mol. The van der Waals surface area contributed by atoms with Crippen LogP contribution in [-0.2, 0) is 9.53 Å². The summed E-state index contributed by atoms with van der Waals surface area (Å²) in [7, 11) is 0. The molecule has 2 aliphatic rings. The summed E-state index contributed by atoms with van der Waals surface area (Å²) >= 11 is 0. The zero-order valence-corrected chi connectivity index (χ0v) is 13.6. The highest BCUT2D eigenvalue weighted by atomic mass is 19.1. The van der Waals surface area contributed by atoms with Crippen molar-refractivity contribution >= 4 is 11.6 Å². The molecule has 2 aliphatic heterocycles. The lowest BCUT2D eigenvalue weighted by molar-refractivity contribution is -0.140. The summed E-state index contributed by atoms with van der Waals surface area (Å²) in [5.41, 5.74) is 1.04. The van der Waals surface area contributed by atoms with Gasteiger partial charge in [-0.15, -0.1) is 0 Å². The lowest BCUT2D eigenvalue weighted by atomic mass is 10.1. The molecular weight excluding hydrogens is 297 g/mol. The first-order valence-corrected chi connectivity index (χ1v) is 8.26. The number of nitrogens with zero attached hydrogens (tertiary/aromatic N) is 3. The number of amides is 1. The van der Waals surface area contributed by atoms with Gasteiger partial charge in [0.15, 0.2) is 0 Å². The van der Waals surface area contributed by atoms with Gasteiger partial charge in [-0.3, -0.25) is 9.69 Å². The average molecular weight is 321 g/mol. The van der Waals surface area contributed by atoms with E-state index in [0.29, 0.717) is 26.3 Å². The molecule has 1 amide bonds. The molecule has 1 aromatic rings. The maximum absolute atomic E-state index is 13.0. The van der Waals surface area contributed by atoms with Crippen molar-refractivity contribution in [2.24, 2.45) is 0 Å². The van der Waals surface area contributed by atoms with E-state index in [-0.39, 0.29) is 17.8 Å². The fourth-order valence-electron chi connectivity index (χ4n) is 3.22. The van der Waals surface area contributed by atoms with Crippen LogP contribution in [0.4, 0.5) is 10.1 Å².